The maximum atomic E-state index is 12.7. The van der Waals surface area contributed by atoms with Crippen LogP contribution in [0, 0.1) is 0 Å². The zero-order valence-electron chi connectivity index (χ0n) is 12.3. The number of nitrogens with zero attached hydrogens (tertiary/aromatic N) is 1. The normalized spacial score (nSPS) is 20.8. The zero-order chi connectivity index (χ0) is 14.9. The quantitative estimate of drug-likeness (QED) is 0.925. The van der Waals surface area contributed by atoms with Crippen LogP contribution in [0.15, 0.2) is 23.1 Å². The van der Waals surface area contributed by atoms with Gasteiger partial charge in [0.1, 0.15) is 0 Å². The fourth-order valence-corrected chi connectivity index (χ4v) is 4.55. The Hall–Kier alpha value is -1.11. The van der Waals surface area contributed by atoms with Gasteiger partial charge in [0.05, 0.1) is 11.0 Å². The van der Waals surface area contributed by atoms with Crippen molar-refractivity contribution in [3.05, 3.63) is 23.8 Å². The second kappa shape index (κ2) is 5.94. The van der Waals surface area contributed by atoms with E-state index in [0.29, 0.717) is 18.0 Å². The molecule has 0 bridgehead atoms. The van der Waals surface area contributed by atoms with Gasteiger partial charge in [-0.05, 0) is 43.4 Å². The number of piperidine rings is 1. The molecular formula is C15H22N2O3S. The van der Waals surface area contributed by atoms with Gasteiger partial charge in [-0.2, -0.15) is 4.31 Å². The molecule has 1 saturated heterocycles. The van der Waals surface area contributed by atoms with Crippen molar-refractivity contribution in [2.24, 2.45) is 0 Å². The summed E-state index contributed by atoms with van der Waals surface area (Å²) in [5.41, 5.74) is 2.17. The van der Waals surface area contributed by atoms with Gasteiger partial charge in [-0.1, -0.05) is 6.07 Å². The van der Waals surface area contributed by atoms with Gasteiger partial charge in [0.15, 0.2) is 0 Å². The SMILES string of the molecule is COC1CCN(S(=O)(=O)c2ccc3c(c2)NCCC3)CC1. The second-order valence-electron chi connectivity index (χ2n) is 5.69. The van der Waals surface area contributed by atoms with Crippen LogP contribution in [0.25, 0.3) is 0 Å². The summed E-state index contributed by atoms with van der Waals surface area (Å²) < 4.78 is 32.3. The van der Waals surface area contributed by atoms with Crippen LogP contribution >= 0.6 is 0 Å². The Morgan fingerprint density at radius 3 is 2.76 bits per heavy atom. The molecule has 116 valence electrons. The molecule has 1 aromatic rings. The summed E-state index contributed by atoms with van der Waals surface area (Å²) in [6.45, 7) is 1.98. The lowest BCUT2D eigenvalue weighted by Crippen LogP contribution is -2.40. The Balaban J connectivity index is 1.82. The van der Waals surface area contributed by atoms with Crippen LogP contribution in [0.5, 0.6) is 0 Å². The monoisotopic (exact) mass is 310 g/mol. The van der Waals surface area contributed by atoms with Crippen LogP contribution in [0.3, 0.4) is 0 Å². The molecule has 1 aromatic carbocycles. The predicted octanol–water partition coefficient (Wildman–Crippen LogP) is 1.84. The first kappa shape index (κ1) is 14.8. The number of anilines is 1. The van der Waals surface area contributed by atoms with Crippen molar-refractivity contribution in [2.75, 3.05) is 32.1 Å². The number of aryl methyl sites for hydroxylation is 1. The van der Waals surface area contributed by atoms with Crippen molar-refractivity contribution < 1.29 is 13.2 Å². The molecular weight excluding hydrogens is 288 g/mol. The zero-order valence-corrected chi connectivity index (χ0v) is 13.2. The molecule has 6 heteroatoms. The van der Waals surface area contributed by atoms with Gasteiger partial charge in [-0.3, -0.25) is 0 Å². The van der Waals surface area contributed by atoms with Crippen molar-refractivity contribution in [1.29, 1.82) is 0 Å². The van der Waals surface area contributed by atoms with Gasteiger partial charge >= 0.3 is 0 Å². The minimum Gasteiger partial charge on any atom is -0.385 e. The second-order valence-corrected chi connectivity index (χ2v) is 7.63. The van der Waals surface area contributed by atoms with Gasteiger partial charge in [0, 0.05) is 32.4 Å². The molecule has 0 radical (unpaired) electrons. The molecule has 2 aliphatic heterocycles. The molecule has 0 atom stereocenters. The van der Waals surface area contributed by atoms with E-state index in [2.05, 4.69) is 5.32 Å². The Bertz CT molecular complexity index is 607. The average Bonchev–Trinajstić information content (AvgIpc) is 2.54. The number of nitrogens with one attached hydrogen (secondary N) is 1. The van der Waals surface area contributed by atoms with Crippen LogP contribution in [-0.2, 0) is 21.2 Å². The van der Waals surface area contributed by atoms with E-state index in [1.807, 2.05) is 6.07 Å². The summed E-state index contributed by atoms with van der Waals surface area (Å²) >= 11 is 0. The van der Waals surface area contributed by atoms with Crippen LogP contribution in [0.1, 0.15) is 24.8 Å². The third-order valence-corrected chi connectivity index (χ3v) is 6.29. The highest BCUT2D eigenvalue weighted by Gasteiger charge is 2.29. The van der Waals surface area contributed by atoms with Crippen molar-refractivity contribution in [3.8, 4) is 0 Å². The highest BCUT2D eigenvalue weighted by Crippen LogP contribution is 2.28. The molecule has 2 heterocycles. The lowest BCUT2D eigenvalue weighted by Gasteiger charge is -2.30. The van der Waals surface area contributed by atoms with E-state index in [4.69, 9.17) is 4.74 Å². The summed E-state index contributed by atoms with van der Waals surface area (Å²) in [7, 11) is -1.70. The molecule has 0 saturated carbocycles. The molecule has 0 aromatic heterocycles. The van der Waals surface area contributed by atoms with E-state index >= 15 is 0 Å². The Morgan fingerprint density at radius 2 is 2.05 bits per heavy atom. The Labute approximate surface area is 126 Å². The van der Waals surface area contributed by atoms with E-state index in [-0.39, 0.29) is 6.10 Å². The van der Waals surface area contributed by atoms with Gasteiger partial charge in [-0.25, -0.2) is 8.42 Å². The molecule has 0 unspecified atom stereocenters. The van der Waals surface area contributed by atoms with Crippen LogP contribution in [-0.4, -0.2) is 45.6 Å². The molecule has 2 aliphatic rings. The van der Waals surface area contributed by atoms with Crippen molar-refractivity contribution in [3.63, 3.8) is 0 Å². The van der Waals surface area contributed by atoms with E-state index < -0.39 is 10.0 Å². The Morgan fingerprint density at radius 1 is 1.29 bits per heavy atom. The fraction of sp³-hybridized carbons (Fsp3) is 0.600. The first-order chi connectivity index (χ1) is 10.1. The fourth-order valence-electron chi connectivity index (χ4n) is 3.06. The van der Waals surface area contributed by atoms with Gasteiger partial charge in [-0.15, -0.1) is 0 Å². The Kier molecular flexibility index (Phi) is 4.19. The molecule has 1 fully saturated rings. The first-order valence-corrected chi connectivity index (χ1v) is 8.95. The van der Waals surface area contributed by atoms with Gasteiger partial charge in [0.25, 0.3) is 0 Å². The number of rotatable bonds is 3. The third kappa shape index (κ3) is 2.93. The standard InChI is InChI=1S/C15H22N2O3S/c1-20-13-6-9-17(10-7-13)21(18,19)14-5-4-12-3-2-8-16-15(12)11-14/h4-5,11,13,16H,2-3,6-10H2,1H3. The summed E-state index contributed by atoms with van der Waals surface area (Å²) in [5.74, 6) is 0. The van der Waals surface area contributed by atoms with Crippen LogP contribution < -0.4 is 5.32 Å². The lowest BCUT2D eigenvalue weighted by molar-refractivity contribution is 0.0604. The molecule has 0 aliphatic carbocycles. The number of methoxy groups -OCH3 is 1. The van der Waals surface area contributed by atoms with Crippen molar-refractivity contribution in [1.82, 2.24) is 4.31 Å². The minimum atomic E-state index is -3.39. The topological polar surface area (TPSA) is 58.6 Å². The minimum absolute atomic E-state index is 0.182. The number of benzene rings is 1. The van der Waals surface area contributed by atoms with E-state index in [9.17, 15) is 8.42 Å². The van der Waals surface area contributed by atoms with Crippen molar-refractivity contribution in [2.45, 2.75) is 36.7 Å². The largest absolute Gasteiger partial charge is 0.385 e. The molecule has 5 nitrogen and oxygen atoms in total. The number of hydrogen-bond acceptors (Lipinski definition) is 4. The molecule has 0 amide bonds. The molecule has 3 rings (SSSR count). The summed E-state index contributed by atoms with van der Waals surface area (Å²) in [4.78, 5) is 0.395. The van der Waals surface area contributed by atoms with E-state index in [0.717, 1.165) is 37.9 Å². The number of ether oxygens (including phenoxy) is 1. The van der Waals surface area contributed by atoms with E-state index in [1.54, 1.807) is 23.5 Å². The molecule has 21 heavy (non-hydrogen) atoms. The predicted molar refractivity (Wildman–Crippen MR) is 82.0 cm³/mol. The molecule has 0 spiro atoms. The molecule has 1 N–H and O–H groups in total. The summed E-state index contributed by atoms with van der Waals surface area (Å²) in [6.07, 6.45) is 3.82. The number of hydrogen-bond donors (Lipinski definition) is 1. The van der Waals surface area contributed by atoms with E-state index in [1.165, 1.54) is 5.56 Å². The maximum absolute atomic E-state index is 12.7. The smallest absolute Gasteiger partial charge is 0.243 e. The highest BCUT2D eigenvalue weighted by molar-refractivity contribution is 7.89. The lowest BCUT2D eigenvalue weighted by atomic mass is 10.0. The highest BCUT2D eigenvalue weighted by atomic mass is 32.2. The summed E-state index contributed by atoms with van der Waals surface area (Å²) in [5, 5.41) is 3.29. The van der Waals surface area contributed by atoms with Crippen LogP contribution in [0.4, 0.5) is 5.69 Å². The van der Waals surface area contributed by atoms with Crippen molar-refractivity contribution >= 4 is 15.7 Å². The average molecular weight is 310 g/mol. The van der Waals surface area contributed by atoms with Crippen LogP contribution in [0.2, 0.25) is 0 Å². The maximum Gasteiger partial charge on any atom is 0.243 e. The summed E-state index contributed by atoms with van der Waals surface area (Å²) in [6, 6.07) is 5.46. The van der Waals surface area contributed by atoms with Gasteiger partial charge in [0.2, 0.25) is 10.0 Å². The number of sulfonamides is 1. The van der Waals surface area contributed by atoms with Gasteiger partial charge < -0.3 is 10.1 Å². The number of fused-ring (bicyclic) bond motifs is 1. The third-order valence-electron chi connectivity index (χ3n) is 4.39. The first-order valence-electron chi connectivity index (χ1n) is 7.51.